The molecule has 3 heterocycles. The lowest BCUT2D eigenvalue weighted by molar-refractivity contribution is 0.112. The number of pyridine rings is 1. The molecule has 7 heteroatoms. The van der Waals surface area contributed by atoms with Gasteiger partial charge in [0, 0.05) is 11.8 Å². The minimum absolute atomic E-state index is 0.201. The lowest BCUT2D eigenvalue weighted by atomic mass is 10.2. The average molecular weight is 279 g/mol. The van der Waals surface area contributed by atoms with Crippen LogP contribution < -0.4 is 0 Å². The van der Waals surface area contributed by atoms with E-state index in [-0.39, 0.29) is 5.75 Å². The largest absolute Gasteiger partial charge is 0.298 e. The highest BCUT2D eigenvalue weighted by molar-refractivity contribution is 7.91. The molecule has 2 aromatic rings. The van der Waals surface area contributed by atoms with Gasteiger partial charge in [0.25, 0.3) is 0 Å². The summed E-state index contributed by atoms with van der Waals surface area (Å²) in [6.07, 6.45) is 4.42. The van der Waals surface area contributed by atoms with Gasteiger partial charge < -0.3 is 0 Å². The second-order valence-electron chi connectivity index (χ2n) is 4.70. The molecule has 0 aromatic carbocycles. The Morgan fingerprint density at radius 3 is 2.89 bits per heavy atom. The summed E-state index contributed by atoms with van der Waals surface area (Å²) in [5.41, 5.74) is 1.04. The van der Waals surface area contributed by atoms with Gasteiger partial charge in [-0.2, -0.15) is 0 Å². The number of hydrogen-bond donors (Lipinski definition) is 0. The van der Waals surface area contributed by atoms with E-state index in [0.717, 1.165) is 12.7 Å². The molecule has 0 amide bonds. The first kappa shape index (κ1) is 12.3. The summed E-state index contributed by atoms with van der Waals surface area (Å²) in [4.78, 5) is 15.0. The number of rotatable bonds is 2. The Balaban J connectivity index is 2.07. The monoisotopic (exact) mass is 279 g/mol. The molecule has 2 aromatic heterocycles. The van der Waals surface area contributed by atoms with Crippen molar-refractivity contribution in [2.24, 2.45) is 0 Å². The van der Waals surface area contributed by atoms with Crippen LogP contribution in [0.3, 0.4) is 0 Å². The molecule has 100 valence electrons. The molecule has 6 nitrogen and oxygen atoms in total. The summed E-state index contributed by atoms with van der Waals surface area (Å²) in [5.74, 6) is 0.537. The summed E-state index contributed by atoms with van der Waals surface area (Å²) in [6, 6.07) is 3.30. The second kappa shape index (κ2) is 4.41. The molecule has 1 saturated heterocycles. The Bertz CT molecular complexity index is 736. The first-order valence-corrected chi connectivity index (χ1v) is 7.85. The second-order valence-corrected chi connectivity index (χ2v) is 7.01. The van der Waals surface area contributed by atoms with E-state index < -0.39 is 15.1 Å². The minimum Gasteiger partial charge on any atom is -0.298 e. The van der Waals surface area contributed by atoms with Gasteiger partial charge in [-0.1, -0.05) is 6.42 Å². The number of fused-ring (bicyclic) bond motifs is 1. The molecular formula is C12H13N3O3S. The van der Waals surface area contributed by atoms with Crippen molar-refractivity contribution >= 4 is 21.8 Å². The molecule has 1 fully saturated rings. The number of aldehydes is 1. The predicted octanol–water partition coefficient (Wildman–Crippen LogP) is 1.18. The molecular weight excluding hydrogens is 266 g/mol. The Labute approximate surface area is 110 Å². The summed E-state index contributed by atoms with van der Waals surface area (Å²) in [6.45, 7) is 0. The van der Waals surface area contributed by atoms with E-state index in [1.165, 1.54) is 4.52 Å². The smallest absolute Gasteiger partial charge is 0.169 e. The van der Waals surface area contributed by atoms with Gasteiger partial charge in [-0.3, -0.25) is 4.79 Å². The molecule has 0 spiro atoms. The molecule has 0 bridgehead atoms. The van der Waals surface area contributed by atoms with Crippen molar-refractivity contribution in [2.75, 3.05) is 5.75 Å². The summed E-state index contributed by atoms with van der Waals surface area (Å²) >= 11 is 0. The van der Waals surface area contributed by atoms with Crippen LogP contribution in [0.2, 0.25) is 0 Å². The Morgan fingerprint density at radius 1 is 1.32 bits per heavy atom. The van der Waals surface area contributed by atoms with E-state index in [1.54, 1.807) is 18.3 Å². The van der Waals surface area contributed by atoms with E-state index in [9.17, 15) is 13.2 Å². The van der Waals surface area contributed by atoms with Crippen LogP contribution in [-0.2, 0) is 9.84 Å². The molecule has 0 N–H and O–H groups in total. The Hall–Kier alpha value is -1.76. The first-order chi connectivity index (χ1) is 9.10. The lowest BCUT2D eigenvalue weighted by Gasteiger charge is -2.19. The van der Waals surface area contributed by atoms with Gasteiger partial charge in [0.05, 0.1) is 5.75 Å². The number of nitrogens with zero attached hydrogens (tertiary/aromatic N) is 3. The summed E-state index contributed by atoms with van der Waals surface area (Å²) in [7, 11) is -3.15. The van der Waals surface area contributed by atoms with Gasteiger partial charge >= 0.3 is 0 Å². The van der Waals surface area contributed by atoms with Crippen molar-refractivity contribution in [3.05, 3.63) is 29.7 Å². The number of sulfone groups is 1. The van der Waals surface area contributed by atoms with Crippen LogP contribution in [0, 0.1) is 0 Å². The fourth-order valence-electron chi connectivity index (χ4n) is 2.37. The average Bonchev–Trinajstić information content (AvgIpc) is 2.80. The SMILES string of the molecule is O=Cc1ccc2nc(C3CCCCS3(=O)=O)nn2c1. The highest BCUT2D eigenvalue weighted by Crippen LogP contribution is 2.31. The van der Waals surface area contributed by atoms with E-state index >= 15 is 0 Å². The van der Waals surface area contributed by atoms with Gasteiger partial charge in [0.2, 0.25) is 0 Å². The highest BCUT2D eigenvalue weighted by Gasteiger charge is 2.33. The Morgan fingerprint density at radius 2 is 2.16 bits per heavy atom. The topological polar surface area (TPSA) is 81.4 Å². The van der Waals surface area contributed by atoms with Crippen molar-refractivity contribution in [3.8, 4) is 0 Å². The van der Waals surface area contributed by atoms with Crippen molar-refractivity contribution in [2.45, 2.75) is 24.5 Å². The molecule has 1 aliphatic rings. The standard InChI is InChI=1S/C12H13N3O3S/c16-8-9-4-5-11-13-12(14-15(11)7-9)10-3-1-2-6-19(10,17)18/h4-5,7-8,10H,1-3,6H2. The van der Waals surface area contributed by atoms with E-state index in [2.05, 4.69) is 10.1 Å². The summed E-state index contributed by atoms with van der Waals surface area (Å²) in [5, 5.41) is 3.60. The number of carbonyl (C=O) groups is 1. The summed E-state index contributed by atoms with van der Waals surface area (Å²) < 4.78 is 25.5. The zero-order chi connectivity index (χ0) is 13.5. The third-order valence-corrected chi connectivity index (χ3v) is 5.54. The lowest BCUT2D eigenvalue weighted by Crippen LogP contribution is -2.22. The third-order valence-electron chi connectivity index (χ3n) is 3.37. The van der Waals surface area contributed by atoms with Crippen LogP contribution in [-0.4, -0.2) is 35.1 Å². The number of aromatic nitrogens is 3. The fourth-order valence-corrected chi connectivity index (χ4v) is 4.20. The van der Waals surface area contributed by atoms with Crippen LogP contribution in [0.15, 0.2) is 18.3 Å². The van der Waals surface area contributed by atoms with Gasteiger partial charge in [0.1, 0.15) is 5.25 Å². The van der Waals surface area contributed by atoms with Crippen molar-refractivity contribution < 1.29 is 13.2 Å². The molecule has 1 unspecified atom stereocenters. The van der Waals surface area contributed by atoms with Crippen LogP contribution in [0.4, 0.5) is 0 Å². The normalized spacial score (nSPS) is 22.4. The number of hydrogen-bond acceptors (Lipinski definition) is 5. The maximum absolute atomic E-state index is 12.0. The Kier molecular flexibility index (Phi) is 2.85. The predicted molar refractivity (Wildman–Crippen MR) is 68.8 cm³/mol. The van der Waals surface area contributed by atoms with Gasteiger partial charge in [0.15, 0.2) is 27.6 Å². The van der Waals surface area contributed by atoms with E-state index in [0.29, 0.717) is 29.9 Å². The van der Waals surface area contributed by atoms with Crippen LogP contribution in [0.25, 0.3) is 5.65 Å². The number of carbonyl (C=O) groups excluding carboxylic acids is 1. The fraction of sp³-hybridized carbons (Fsp3) is 0.417. The molecule has 0 aliphatic carbocycles. The van der Waals surface area contributed by atoms with Crippen molar-refractivity contribution in [3.63, 3.8) is 0 Å². The molecule has 1 aliphatic heterocycles. The highest BCUT2D eigenvalue weighted by atomic mass is 32.2. The zero-order valence-electron chi connectivity index (χ0n) is 10.2. The van der Waals surface area contributed by atoms with E-state index in [4.69, 9.17) is 0 Å². The minimum atomic E-state index is -3.15. The molecule has 3 rings (SSSR count). The van der Waals surface area contributed by atoms with Crippen molar-refractivity contribution in [1.29, 1.82) is 0 Å². The van der Waals surface area contributed by atoms with Crippen LogP contribution in [0.5, 0.6) is 0 Å². The first-order valence-electron chi connectivity index (χ1n) is 6.13. The maximum atomic E-state index is 12.0. The zero-order valence-corrected chi connectivity index (χ0v) is 11.0. The van der Waals surface area contributed by atoms with Crippen molar-refractivity contribution in [1.82, 2.24) is 14.6 Å². The van der Waals surface area contributed by atoms with Crippen LogP contribution >= 0.6 is 0 Å². The molecule has 0 radical (unpaired) electrons. The van der Waals surface area contributed by atoms with Gasteiger partial charge in [-0.25, -0.2) is 17.9 Å². The van der Waals surface area contributed by atoms with E-state index in [1.807, 2.05) is 0 Å². The quantitative estimate of drug-likeness (QED) is 0.771. The molecule has 0 saturated carbocycles. The molecule has 1 atom stereocenters. The van der Waals surface area contributed by atoms with Crippen LogP contribution in [0.1, 0.15) is 40.7 Å². The van der Waals surface area contributed by atoms with Gasteiger partial charge in [-0.05, 0) is 25.0 Å². The molecule has 19 heavy (non-hydrogen) atoms. The maximum Gasteiger partial charge on any atom is 0.169 e. The van der Waals surface area contributed by atoms with Gasteiger partial charge in [-0.15, -0.1) is 5.10 Å². The third kappa shape index (κ3) is 2.14.